The lowest BCUT2D eigenvalue weighted by atomic mass is 10.2. The Balaban J connectivity index is 2.48. The zero-order valence-corrected chi connectivity index (χ0v) is 10.5. The maximum atomic E-state index is 11.9. The topological polar surface area (TPSA) is 44.8 Å². The monoisotopic (exact) mass is 288 g/mol. The van der Waals surface area contributed by atoms with Crippen molar-refractivity contribution in [3.63, 3.8) is 0 Å². The van der Waals surface area contributed by atoms with Gasteiger partial charge >= 0.3 is 12.5 Å². The second-order valence-electron chi connectivity index (χ2n) is 3.35. The van der Waals surface area contributed by atoms with Crippen molar-refractivity contribution in [1.29, 1.82) is 0 Å². The van der Waals surface area contributed by atoms with Crippen LogP contribution in [0.3, 0.4) is 0 Å². The second kappa shape index (κ2) is 7.28. The van der Waals surface area contributed by atoms with E-state index in [0.29, 0.717) is 5.56 Å². The molecular formula is C13H11F3O4. The highest BCUT2D eigenvalue weighted by Gasteiger charge is 2.30. The van der Waals surface area contributed by atoms with E-state index in [1.807, 2.05) is 0 Å². The van der Waals surface area contributed by atoms with Gasteiger partial charge in [0.1, 0.15) is 5.75 Å². The van der Waals surface area contributed by atoms with Gasteiger partial charge in [0.15, 0.2) is 6.61 Å². The molecular weight excluding hydrogens is 277 g/mol. The van der Waals surface area contributed by atoms with Gasteiger partial charge in [-0.2, -0.15) is 0 Å². The molecule has 0 atom stereocenters. The minimum Gasteiger partial charge on any atom is -0.435 e. The Morgan fingerprint density at radius 2 is 1.85 bits per heavy atom. The zero-order chi connectivity index (χ0) is 15.0. The predicted molar refractivity (Wildman–Crippen MR) is 63.0 cm³/mol. The number of benzene rings is 1. The summed E-state index contributed by atoms with van der Waals surface area (Å²) >= 11 is 0. The van der Waals surface area contributed by atoms with Gasteiger partial charge in [-0.05, 0) is 31.2 Å². The Morgan fingerprint density at radius 1 is 1.20 bits per heavy atom. The van der Waals surface area contributed by atoms with Gasteiger partial charge < -0.3 is 14.2 Å². The van der Waals surface area contributed by atoms with Gasteiger partial charge in [-0.25, -0.2) is 4.79 Å². The Bertz CT molecular complexity index is 497. The molecule has 1 aromatic rings. The first-order valence-corrected chi connectivity index (χ1v) is 5.55. The van der Waals surface area contributed by atoms with Crippen molar-refractivity contribution in [2.24, 2.45) is 0 Å². The van der Waals surface area contributed by atoms with E-state index < -0.39 is 12.5 Å². The highest BCUT2D eigenvalue weighted by Crippen LogP contribution is 2.22. The van der Waals surface area contributed by atoms with Crippen molar-refractivity contribution >= 4 is 6.16 Å². The molecule has 0 unspecified atom stereocenters. The predicted octanol–water partition coefficient (Wildman–Crippen LogP) is 3.11. The molecule has 108 valence electrons. The number of halogens is 3. The van der Waals surface area contributed by atoms with E-state index in [-0.39, 0.29) is 19.0 Å². The molecule has 0 bridgehead atoms. The molecule has 0 aliphatic heterocycles. The molecule has 0 aromatic heterocycles. The number of hydrogen-bond donors (Lipinski definition) is 0. The van der Waals surface area contributed by atoms with Crippen LogP contribution in [0.25, 0.3) is 0 Å². The lowest BCUT2D eigenvalue weighted by molar-refractivity contribution is -0.274. The summed E-state index contributed by atoms with van der Waals surface area (Å²) in [6.07, 6.45) is -5.54. The van der Waals surface area contributed by atoms with Gasteiger partial charge in [0.25, 0.3) is 0 Å². The van der Waals surface area contributed by atoms with Crippen LogP contribution in [-0.2, 0) is 9.47 Å². The molecule has 0 N–H and O–H groups in total. The summed E-state index contributed by atoms with van der Waals surface area (Å²) in [4.78, 5) is 10.8. The lowest BCUT2D eigenvalue weighted by Crippen LogP contribution is -2.16. The lowest BCUT2D eigenvalue weighted by Gasteiger charge is -2.07. The average molecular weight is 288 g/mol. The van der Waals surface area contributed by atoms with Gasteiger partial charge in [0.2, 0.25) is 0 Å². The van der Waals surface area contributed by atoms with Crippen molar-refractivity contribution in [1.82, 2.24) is 0 Å². The summed E-state index contributed by atoms with van der Waals surface area (Å²) in [5, 5.41) is 0. The summed E-state index contributed by atoms with van der Waals surface area (Å²) in [5.74, 6) is 4.81. The molecule has 1 rings (SSSR count). The van der Waals surface area contributed by atoms with Crippen LogP contribution in [-0.4, -0.2) is 25.7 Å². The molecule has 0 saturated carbocycles. The summed E-state index contributed by atoms with van der Waals surface area (Å²) in [6, 6.07) is 5.00. The van der Waals surface area contributed by atoms with Crippen LogP contribution in [0, 0.1) is 11.8 Å². The summed E-state index contributed by atoms with van der Waals surface area (Å²) in [7, 11) is 0. The molecule has 0 saturated heterocycles. The van der Waals surface area contributed by atoms with Gasteiger partial charge in [0.05, 0.1) is 6.61 Å². The summed E-state index contributed by atoms with van der Waals surface area (Å²) < 4.78 is 48.6. The molecule has 1 aromatic carbocycles. The number of alkyl halides is 3. The standard InChI is InChI=1S/C13H11F3O4/c1-2-18-12(17)19-9-3-4-10-5-7-11(8-6-10)20-13(14,15)16/h5-8H,2,9H2,1H3. The summed E-state index contributed by atoms with van der Waals surface area (Å²) in [6.45, 7) is 1.67. The Morgan fingerprint density at radius 3 is 2.40 bits per heavy atom. The first-order chi connectivity index (χ1) is 9.40. The van der Waals surface area contributed by atoms with Crippen molar-refractivity contribution in [2.45, 2.75) is 13.3 Å². The molecule has 0 aliphatic carbocycles. The average Bonchev–Trinajstić information content (AvgIpc) is 2.35. The van der Waals surface area contributed by atoms with E-state index in [1.165, 1.54) is 12.1 Å². The van der Waals surface area contributed by atoms with Crippen LogP contribution >= 0.6 is 0 Å². The van der Waals surface area contributed by atoms with Gasteiger partial charge in [-0.15, -0.1) is 13.2 Å². The maximum Gasteiger partial charge on any atom is 0.573 e. The van der Waals surface area contributed by atoms with Crippen molar-refractivity contribution < 1.29 is 32.2 Å². The number of rotatable bonds is 3. The smallest absolute Gasteiger partial charge is 0.435 e. The van der Waals surface area contributed by atoms with Crippen molar-refractivity contribution in [2.75, 3.05) is 13.2 Å². The molecule has 0 fully saturated rings. The fourth-order valence-electron chi connectivity index (χ4n) is 1.13. The number of hydrogen-bond acceptors (Lipinski definition) is 4. The number of ether oxygens (including phenoxy) is 3. The SMILES string of the molecule is CCOC(=O)OCC#Cc1ccc(OC(F)(F)F)cc1. The zero-order valence-electron chi connectivity index (χ0n) is 10.5. The molecule has 20 heavy (non-hydrogen) atoms. The van der Waals surface area contributed by atoms with E-state index in [1.54, 1.807) is 6.92 Å². The maximum absolute atomic E-state index is 11.9. The summed E-state index contributed by atoms with van der Waals surface area (Å²) in [5.41, 5.74) is 0.465. The Labute approximate surface area is 113 Å². The van der Waals surface area contributed by atoms with Crippen LogP contribution in [0.1, 0.15) is 12.5 Å². The highest BCUT2D eigenvalue weighted by molar-refractivity contribution is 5.60. The van der Waals surface area contributed by atoms with E-state index >= 15 is 0 Å². The largest absolute Gasteiger partial charge is 0.573 e. The highest BCUT2D eigenvalue weighted by atomic mass is 19.4. The van der Waals surface area contributed by atoms with Gasteiger partial charge in [0, 0.05) is 5.56 Å². The van der Waals surface area contributed by atoms with Crippen molar-refractivity contribution in [3.05, 3.63) is 29.8 Å². The van der Waals surface area contributed by atoms with E-state index in [4.69, 9.17) is 0 Å². The van der Waals surface area contributed by atoms with Gasteiger partial charge in [-0.1, -0.05) is 11.8 Å². The Kier molecular flexibility index (Phi) is 5.72. The molecule has 0 heterocycles. The van der Waals surface area contributed by atoms with Crippen molar-refractivity contribution in [3.8, 4) is 17.6 Å². The number of carbonyl (C=O) groups excluding carboxylic acids is 1. The first kappa shape index (κ1) is 15.7. The van der Waals surface area contributed by atoms with Crippen LogP contribution in [0.15, 0.2) is 24.3 Å². The van der Waals surface area contributed by atoms with Crippen LogP contribution in [0.2, 0.25) is 0 Å². The molecule has 0 spiro atoms. The third-order valence-corrected chi connectivity index (χ3v) is 1.84. The molecule has 0 aliphatic rings. The quantitative estimate of drug-likeness (QED) is 0.633. The fraction of sp³-hybridized carbons (Fsp3) is 0.308. The van der Waals surface area contributed by atoms with Crippen LogP contribution in [0.5, 0.6) is 5.75 Å². The fourth-order valence-corrected chi connectivity index (χ4v) is 1.13. The minimum absolute atomic E-state index is 0.167. The van der Waals surface area contributed by atoms with E-state index in [2.05, 4.69) is 26.1 Å². The first-order valence-electron chi connectivity index (χ1n) is 5.55. The normalized spacial score (nSPS) is 10.2. The Hall–Kier alpha value is -2.36. The van der Waals surface area contributed by atoms with Crippen LogP contribution < -0.4 is 4.74 Å². The van der Waals surface area contributed by atoms with Crippen LogP contribution in [0.4, 0.5) is 18.0 Å². The second-order valence-corrected chi connectivity index (χ2v) is 3.35. The van der Waals surface area contributed by atoms with Gasteiger partial charge in [-0.3, -0.25) is 0 Å². The van der Waals surface area contributed by atoms with E-state index in [9.17, 15) is 18.0 Å². The number of carbonyl (C=O) groups is 1. The molecule has 0 amide bonds. The molecule has 0 radical (unpaired) electrons. The third kappa shape index (κ3) is 6.54. The third-order valence-electron chi connectivity index (χ3n) is 1.84. The minimum atomic E-state index is -4.72. The van der Waals surface area contributed by atoms with E-state index in [0.717, 1.165) is 12.1 Å². The molecule has 4 nitrogen and oxygen atoms in total. The molecule has 7 heteroatoms.